The minimum Gasteiger partial charge on any atom is -0.355 e. The number of allylic oxidation sites excluding steroid dienone is 4. The molecule has 5 aromatic carbocycles. The first-order valence-corrected chi connectivity index (χ1v) is 13.2. The van der Waals surface area contributed by atoms with E-state index in [1.165, 1.54) is 61.1 Å². The maximum Gasteiger partial charge on any atom is 0.0465 e. The van der Waals surface area contributed by atoms with Crippen LogP contribution in [0.4, 0.5) is 11.4 Å². The molecule has 0 radical (unpaired) electrons. The molecule has 182 valence electrons. The summed E-state index contributed by atoms with van der Waals surface area (Å²) in [4.78, 5) is 5.94. The number of nitrogens with zero attached hydrogens (tertiary/aromatic N) is 1. The van der Waals surface area contributed by atoms with Gasteiger partial charge in [-0.15, -0.1) is 0 Å². The Hall–Kier alpha value is -4.82. The van der Waals surface area contributed by atoms with E-state index < -0.39 is 0 Å². The highest BCUT2D eigenvalue weighted by molar-refractivity contribution is 6.08. The molecule has 7 rings (SSSR count). The number of hydrogen-bond donors (Lipinski definition) is 1. The van der Waals surface area contributed by atoms with Crippen LogP contribution in [-0.4, -0.2) is 4.98 Å². The van der Waals surface area contributed by atoms with E-state index in [9.17, 15) is 0 Å². The van der Waals surface area contributed by atoms with Crippen LogP contribution in [0, 0.1) is 0 Å². The van der Waals surface area contributed by atoms with Crippen LogP contribution in [-0.2, 0) is 0 Å². The number of H-pyrrole nitrogens is 1. The molecule has 0 fully saturated rings. The highest BCUT2D eigenvalue weighted by Crippen LogP contribution is 2.38. The van der Waals surface area contributed by atoms with Gasteiger partial charge in [0, 0.05) is 38.9 Å². The van der Waals surface area contributed by atoms with E-state index in [1.807, 2.05) is 0 Å². The van der Waals surface area contributed by atoms with Crippen molar-refractivity contribution in [3.8, 4) is 11.1 Å². The van der Waals surface area contributed by atoms with Crippen molar-refractivity contribution in [1.29, 1.82) is 0 Å². The largest absolute Gasteiger partial charge is 0.355 e. The average Bonchev–Trinajstić information content (AvgIpc) is 3.37. The standard InChI is InChI=1S/C36H28N2/c1-3-9-26(10-4-1)27-15-20-31(21-16-27)38(30-11-5-2-6-12-30)32-22-17-28(18-23-32)29-19-24-36-34(25-29)33-13-7-8-14-35(33)37-36/h1-17,19-22,24-25,37H,18,23H2. The molecule has 0 bridgehead atoms. The SMILES string of the molecule is C1=C(c2ccc3[nH]c4ccccc4c3c2)CCC(N(c2ccccc2)c2ccc(-c3ccccc3)cc2)=C1. The molecular weight excluding hydrogens is 460 g/mol. The van der Waals surface area contributed by atoms with Gasteiger partial charge in [0.15, 0.2) is 0 Å². The smallest absolute Gasteiger partial charge is 0.0465 e. The summed E-state index contributed by atoms with van der Waals surface area (Å²) < 4.78 is 0. The van der Waals surface area contributed by atoms with Crippen LogP contribution < -0.4 is 4.90 Å². The van der Waals surface area contributed by atoms with Crippen LogP contribution in [0.2, 0.25) is 0 Å². The fourth-order valence-electron chi connectivity index (χ4n) is 5.59. The number of rotatable bonds is 5. The molecule has 0 amide bonds. The van der Waals surface area contributed by atoms with Crippen molar-refractivity contribution in [3.05, 3.63) is 151 Å². The molecule has 1 aliphatic carbocycles. The van der Waals surface area contributed by atoms with Crippen molar-refractivity contribution in [3.63, 3.8) is 0 Å². The second kappa shape index (κ2) is 9.57. The number of aromatic nitrogens is 1. The van der Waals surface area contributed by atoms with Gasteiger partial charge in [0.1, 0.15) is 0 Å². The van der Waals surface area contributed by atoms with Gasteiger partial charge in [-0.05, 0) is 83.6 Å². The van der Waals surface area contributed by atoms with E-state index >= 15 is 0 Å². The van der Waals surface area contributed by atoms with Crippen LogP contribution in [0.5, 0.6) is 0 Å². The van der Waals surface area contributed by atoms with Crippen LogP contribution in [0.15, 0.2) is 145 Å². The molecule has 1 aromatic heterocycles. The van der Waals surface area contributed by atoms with Gasteiger partial charge < -0.3 is 9.88 Å². The van der Waals surface area contributed by atoms with Crippen LogP contribution in [0.25, 0.3) is 38.5 Å². The van der Waals surface area contributed by atoms with Crippen LogP contribution in [0.1, 0.15) is 18.4 Å². The van der Waals surface area contributed by atoms with Crippen molar-refractivity contribution >= 4 is 38.8 Å². The number of fused-ring (bicyclic) bond motifs is 3. The van der Waals surface area contributed by atoms with E-state index in [0.29, 0.717) is 0 Å². The second-order valence-corrected chi connectivity index (χ2v) is 9.86. The Morgan fingerprint density at radius 3 is 1.87 bits per heavy atom. The quantitative estimate of drug-likeness (QED) is 0.256. The predicted molar refractivity (Wildman–Crippen MR) is 162 cm³/mol. The molecule has 0 saturated heterocycles. The van der Waals surface area contributed by atoms with Gasteiger partial charge in [0.05, 0.1) is 0 Å². The molecule has 0 aliphatic heterocycles. The third kappa shape index (κ3) is 4.10. The first-order valence-electron chi connectivity index (χ1n) is 13.2. The van der Waals surface area contributed by atoms with E-state index in [1.54, 1.807) is 0 Å². The van der Waals surface area contributed by atoms with Gasteiger partial charge >= 0.3 is 0 Å². The second-order valence-electron chi connectivity index (χ2n) is 9.86. The summed E-state index contributed by atoms with van der Waals surface area (Å²) in [5, 5.41) is 2.57. The van der Waals surface area contributed by atoms with Gasteiger partial charge in [-0.25, -0.2) is 0 Å². The maximum absolute atomic E-state index is 3.54. The third-order valence-electron chi connectivity index (χ3n) is 7.54. The average molecular weight is 489 g/mol. The summed E-state index contributed by atoms with van der Waals surface area (Å²) in [6, 6.07) is 45.5. The lowest BCUT2D eigenvalue weighted by Crippen LogP contribution is -2.17. The normalized spacial score (nSPS) is 13.4. The summed E-state index contributed by atoms with van der Waals surface area (Å²) in [6.45, 7) is 0. The molecule has 1 N–H and O–H groups in total. The Morgan fingerprint density at radius 2 is 1.11 bits per heavy atom. The lowest BCUT2D eigenvalue weighted by molar-refractivity contribution is 0.930. The Balaban J connectivity index is 1.24. The number of anilines is 2. The molecule has 0 spiro atoms. The molecule has 1 heterocycles. The molecule has 2 heteroatoms. The van der Waals surface area contributed by atoms with Crippen molar-refractivity contribution in [2.24, 2.45) is 0 Å². The minimum atomic E-state index is 0.979. The maximum atomic E-state index is 3.54. The molecule has 2 nitrogen and oxygen atoms in total. The molecule has 38 heavy (non-hydrogen) atoms. The number of benzene rings is 5. The highest BCUT2D eigenvalue weighted by atomic mass is 15.1. The zero-order chi connectivity index (χ0) is 25.3. The van der Waals surface area contributed by atoms with Gasteiger partial charge in [-0.2, -0.15) is 0 Å². The van der Waals surface area contributed by atoms with Gasteiger partial charge in [-0.3, -0.25) is 0 Å². The highest BCUT2D eigenvalue weighted by Gasteiger charge is 2.18. The number of hydrogen-bond acceptors (Lipinski definition) is 1. The first-order chi connectivity index (χ1) is 18.8. The van der Waals surface area contributed by atoms with Gasteiger partial charge in [-0.1, -0.05) is 91.0 Å². The molecule has 6 aromatic rings. The van der Waals surface area contributed by atoms with Crippen molar-refractivity contribution in [1.82, 2.24) is 4.98 Å². The summed E-state index contributed by atoms with van der Waals surface area (Å²) in [5.74, 6) is 0. The molecule has 1 aliphatic rings. The number of nitrogens with one attached hydrogen (secondary N) is 1. The fraction of sp³-hybridized carbons (Fsp3) is 0.0556. The summed E-state index contributed by atoms with van der Waals surface area (Å²) in [7, 11) is 0. The van der Waals surface area contributed by atoms with E-state index in [4.69, 9.17) is 0 Å². The Morgan fingerprint density at radius 1 is 0.474 bits per heavy atom. The monoisotopic (exact) mass is 488 g/mol. The first kappa shape index (κ1) is 22.4. The van der Waals surface area contributed by atoms with Crippen molar-refractivity contribution < 1.29 is 0 Å². The predicted octanol–water partition coefficient (Wildman–Crippen LogP) is 9.89. The Kier molecular flexibility index (Phi) is 5.64. The summed E-state index contributed by atoms with van der Waals surface area (Å²) in [5.41, 5.74) is 11.2. The molecule has 0 atom stereocenters. The Bertz CT molecular complexity index is 1790. The molecule has 0 saturated carbocycles. The van der Waals surface area contributed by atoms with E-state index in [-0.39, 0.29) is 0 Å². The topological polar surface area (TPSA) is 19.0 Å². The summed E-state index contributed by atoms with van der Waals surface area (Å²) in [6.07, 6.45) is 6.59. The fourth-order valence-corrected chi connectivity index (χ4v) is 5.59. The van der Waals surface area contributed by atoms with Crippen molar-refractivity contribution in [2.75, 3.05) is 4.90 Å². The zero-order valence-electron chi connectivity index (χ0n) is 21.1. The zero-order valence-corrected chi connectivity index (χ0v) is 21.1. The van der Waals surface area contributed by atoms with E-state index in [2.05, 4.69) is 149 Å². The Labute approximate surface area is 223 Å². The van der Waals surface area contributed by atoms with Gasteiger partial charge in [0.2, 0.25) is 0 Å². The lowest BCUT2D eigenvalue weighted by Gasteiger charge is -2.30. The van der Waals surface area contributed by atoms with Crippen LogP contribution in [0.3, 0.4) is 0 Å². The molecular formula is C36H28N2. The third-order valence-corrected chi connectivity index (χ3v) is 7.54. The van der Waals surface area contributed by atoms with Gasteiger partial charge in [0.25, 0.3) is 0 Å². The molecule has 0 unspecified atom stereocenters. The summed E-state index contributed by atoms with van der Waals surface area (Å²) >= 11 is 0. The van der Waals surface area contributed by atoms with E-state index in [0.717, 1.165) is 12.8 Å². The number of aromatic amines is 1. The lowest BCUT2D eigenvalue weighted by atomic mass is 9.94. The minimum absolute atomic E-state index is 0.979. The van der Waals surface area contributed by atoms with Crippen LogP contribution >= 0.6 is 0 Å². The van der Waals surface area contributed by atoms with Crippen molar-refractivity contribution in [2.45, 2.75) is 12.8 Å². The number of para-hydroxylation sites is 2.